The molecule has 0 spiro atoms. The summed E-state index contributed by atoms with van der Waals surface area (Å²) in [6.07, 6.45) is 1.27. The molecule has 1 aromatic carbocycles. The number of non-ortho nitro benzene ring substituents is 1. The minimum Gasteiger partial charge on any atom is -0.456 e. The monoisotopic (exact) mass is 219 g/mol. The molecule has 1 aromatic heterocycles. The Balaban J connectivity index is 2.93. The van der Waals surface area contributed by atoms with Crippen LogP contribution < -0.4 is 5.43 Å². The van der Waals surface area contributed by atoms with Crippen LogP contribution in [0.5, 0.6) is 0 Å². The predicted molar refractivity (Wildman–Crippen MR) is 54.5 cm³/mol. The Kier molecular flexibility index (Phi) is 2.24. The van der Waals surface area contributed by atoms with Crippen molar-refractivity contribution in [2.75, 3.05) is 0 Å². The number of carbonyl (C=O) groups is 1. The molecule has 0 saturated heterocycles. The molecule has 0 aliphatic heterocycles. The fraction of sp³-hybridized carbons (Fsp3) is 0. The van der Waals surface area contributed by atoms with Crippen molar-refractivity contribution in [2.45, 2.75) is 0 Å². The molecule has 6 nitrogen and oxygen atoms in total. The smallest absolute Gasteiger partial charge is 0.312 e. The molecule has 0 N–H and O–H groups in total. The molecule has 6 heteroatoms. The maximum Gasteiger partial charge on any atom is 0.312 e. The highest BCUT2D eigenvalue weighted by Crippen LogP contribution is 2.22. The summed E-state index contributed by atoms with van der Waals surface area (Å²) in [5, 5.41) is 10.7. The SMILES string of the molecule is O=Cc1coc2c([N+](=O)[O-])cccc2c1=O. The molecule has 0 fully saturated rings. The first kappa shape index (κ1) is 10.0. The van der Waals surface area contributed by atoms with Gasteiger partial charge in [0.25, 0.3) is 0 Å². The molecule has 0 bridgehead atoms. The van der Waals surface area contributed by atoms with Crippen LogP contribution in [-0.4, -0.2) is 11.2 Å². The zero-order valence-corrected chi connectivity index (χ0v) is 7.88. The standard InChI is InChI=1S/C10H5NO5/c12-4-6-5-16-10-7(9(6)13)2-1-3-8(10)11(14)15/h1-5H. The number of nitro benzene ring substituents is 1. The van der Waals surface area contributed by atoms with Crippen molar-refractivity contribution in [3.63, 3.8) is 0 Å². The van der Waals surface area contributed by atoms with Gasteiger partial charge in [-0.3, -0.25) is 19.7 Å². The fourth-order valence-electron chi connectivity index (χ4n) is 1.38. The molecule has 0 radical (unpaired) electrons. The molecule has 0 amide bonds. The molecule has 16 heavy (non-hydrogen) atoms. The fourth-order valence-corrected chi connectivity index (χ4v) is 1.38. The molecule has 80 valence electrons. The summed E-state index contributed by atoms with van der Waals surface area (Å²) in [4.78, 5) is 32.1. The lowest BCUT2D eigenvalue weighted by atomic mass is 10.1. The largest absolute Gasteiger partial charge is 0.456 e. The summed E-state index contributed by atoms with van der Waals surface area (Å²) < 4.78 is 4.93. The highest BCUT2D eigenvalue weighted by Gasteiger charge is 2.16. The highest BCUT2D eigenvalue weighted by atomic mass is 16.6. The molecular formula is C10H5NO5. The minimum absolute atomic E-state index is 0.0267. The first-order chi connectivity index (χ1) is 7.65. The van der Waals surface area contributed by atoms with Gasteiger partial charge in [-0.05, 0) is 6.07 Å². The highest BCUT2D eigenvalue weighted by molar-refractivity contribution is 5.88. The minimum atomic E-state index is -0.647. The van der Waals surface area contributed by atoms with E-state index in [0.717, 1.165) is 6.26 Å². The third-order valence-electron chi connectivity index (χ3n) is 2.13. The van der Waals surface area contributed by atoms with Crippen LogP contribution in [0.1, 0.15) is 10.4 Å². The van der Waals surface area contributed by atoms with Crippen LogP contribution >= 0.6 is 0 Å². The number of fused-ring (bicyclic) bond motifs is 1. The number of para-hydroxylation sites is 1. The Bertz CT molecular complexity index is 643. The molecule has 0 aliphatic carbocycles. The van der Waals surface area contributed by atoms with Gasteiger partial charge in [-0.15, -0.1) is 0 Å². The lowest BCUT2D eigenvalue weighted by Crippen LogP contribution is -2.08. The van der Waals surface area contributed by atoms with Gasteiger partial charge in [0.05, 0.1) is 15.9 Å². The van der Waals surface area contributed by atoms with Crippen molar-refractivity contribution in [3.8, 4) is 0 Å². The lowest BCUT2D eigenvalue weighted by Gasteiger charge is -1.97. The number of carbonyl (C=O) groups excluding carboxylic acids is 1. The topological polar surface area (TPSA) is 90.4 Å². The van der Waals surface area contributed by atoms with Crippen molar-refractivity contribution in [2.24, 2.45) is 0 Å². The Morgan fingerprint density at radius 1 is 1.38 bits per heavy atom. The van der Waals surface area contributed by atoms with Crippen LogP contribution in [0.4, 0.5) is 5.69 Å². The molecule has 0 unspecified atom stereocenters. The van der Waals surface area contributed by atoms with E-state index in [2.05, 4.69) is 0 Å². The van der Waals surface area contributed by atoms with Crippen molar-refractivity contribution < 1.29 is 14.1 Å². The Hall–Kier alpha value is -2.50. The van der Waals surface area contributed by atoms with E-state index < -0.39 is 10.4 Å². The van der Waals surface area contributed by atoms with Gasteiger partial charge in [0.15, 0.2) is 6.29 Å². The second-order valence-corrected chi connectivity index (χ2v) is 3.05. The number of nitro groups is 1. The van der Waals surface area contributed by atoms with Crippen molar-refractivity contribution in [1.82, 2.24) is 0 Å². The van der Waals surface area contributed by atoms with Crippen molar-refractivity contribution in [1.29, 1.82) is 0 Å². The zero-order valence-electron chi connectivity index (χ0n) is 7.88. The van der Waals surface area contributed by atoms with Gasteiger partial charge in [0, 0.05) is 6.07 Å². The van der Waals surface area contributed by atoms with E-state index >= 15 is 0 Å². The van der Waals surface area contributed by atoms with E-state index in [0.29, 0.717) is 6.29 Å². The van der Waals surface area contributed by atoms with Gasteiger partial charge in [-0.2, -0.15) is 0 Å². The Labute approximate surface area is 88.3 Å². The molecule has 2 aromatic rings. The first-order valence-corrected chi connectivity index (χ1v) is 4.29. The van der Waals surface area contributed by atoms with Crippen molar-refractivity contribution >= 4 is 22.9 Å². The molecule has 1 heterocycles. The van der Waals surface area contributed by atoms with Gasteiger partial charge in [0.1, 0.15) is 6.26 Å². The summed E-state index contributed by atoms with van der Waals surface area (Å²) in [7, 11) is 0. The third kappa shape index (κ3) is 1.36. The Morgan fingerprint density at radius 2 is 2.12 bits per heavy atom. The quantitative estimate of drug-likeness (QED) is 0.433. The number of hydrogen-bond donors (Lipinski definition) is 0. The maximum absolute atomic E-state index is 11.6. The van der Waals surface area contributed by atoms with Crippen LogP contribution in [0, 0.1) is 10.1 Å². The van der Waals surface area contributed by atoms with Gasteiger partial charge < -0.3 is 4.42 Å². The van der Waals surface area contributed by atoms with Gasteiger partial charge in [-0.1, -0.05) is 6.07 Å². The van der Waals surface area contributed by atoms with Crippen LogP contribution in [0.25, 0.3) is 11.0 Å². The summed E-state index contributed by atoms with van der Waals surface area (Å²) in [5.41, 5.74) is -1.15. The van der Waals surface area contributed by atoms with Crippen LogP contribution in [0.2, 0.25) is 0 Å². The summed E-state index contributed by atoms with van der Waals surface area (Å²) in [6, 6.07) is 3.97. The summed E-state index contributed by atoms with van der Waals surface area (Å²) in [5.74, 6) is 0. The third-order valence-corrected chi connectivity index (χ3v) is 2.13. The average Bonchev–Trinajstić information content (AvgIpc) is 2.29. The predicted octanol–water partition coefficient (Wildman–Crippen LogP) is 1.51. The second kappa shape index (κ2) is 3.58. The van der Waals surface area contributed by atoms with E-state index in [-0.39, 0.29) is 22.2 Å². The number of hydrogen-bond acceptors (Lipinski definition) is 5. The number of rotatable bonds is 2. The molecule has 0 aliphatic rings. The van der Waals surface area contributed by atoms with E-state index in [1.807, 2.05) is 0 Å². The van der Waals surface area contributed by atoms with Crippen LogP contribution in [-0.2, 0) is 0 Å². The molecular weight excluding hydrogens is 214 g/mol. The first-order valence-electron chi connectivity index (χ1n) is 4.29. The maximum atomic E-state index is 11.6. The number of benzene rings is 1. The van der Waals surface area contributed by atoms with E-state index in [1.165, 1.54) is 18.2 Å². The van der Waals surface area contributed by atoms with Gasteiger partial charge in [0.2, 0.25) is 11.0 Å². The lowest BCUT2D eigenvalue weighted by molar-refractivity contribution is -0.383. The molecule has 0 atom stereocenters. The van der Waals surface area contributed by atoms with Crippen molar-refractivity contribution in [3.05, 3.63) is 50.4 Å². The average molecular weight is 219 g/mol. The van der Waals surface area contributed by atoms with Gasteiger partial charge >= 0.3 is 5.69 Å². The summed E-state index contributed by atoms with van der Waals surface area (Å²) >= 11 is 0. The van der Waals surface area contributed by atoms with Crippen LogP contribution in [0.15, 0.2) is 33.7 Å². The van der Waals surface area contributed by atoms with E-state index in [1.54, 1.807) is 0 Å². The van der Waals surface area contributed by atoms with Crippen LogP contribution in [0.3, 0.4) is 0 Å². The molecule has 0 saturated carbocycles. The number of aldehydes is 1. The second-order valence-electron chi connectivity index (χ2n) is 3.05. The Morgan fingerprint density at radius 3 is 2.75 bits per heavy atom. The zero-order chi connectivity index (χ0) is 11.7. The molecule has 2 rings (SSSR count). The van der Waals surface area contributed by atoms with E-state index in [9.17, 15) is 19.7 Å². The number of nitrogens with zero attached hydrogens (tertiary/aromatic N) is 1. The normalized spacial score (nSPS) is 10.2. The van der Waals surface area contributed by atoms with E-state index in [4.69, 9.17) is 4.42 Å². The van der Waals surface area contributed by atoms with Gasteiger partial charge in [-0.25, -0.2) is 0 Å². The summed E-state index contributed by atoms with van der Waals surface area (Å²) in [6.45, 7) is 0.